The third-order valence-corrected chi connectivity index (χ3v) is 12.6. The molecule has 250 valence electrons. The van der Waals surface area contributed by atoms with Crippen molar-refractivity contribution in [2.45, 2.75) is 0 Å². The molecule has 0 aliphatic heterocycles. The standard InChI is InChI=1S/C52H30OS/c1-2-12-31(13-3-1)51-38-18-8-10-20-40(38)52(41-21-11-9-19-39(41)51)42-24-23-35(36-16-6-7-17-37(36)42)34-22-25-49-45(27-34)46-29-48-44(30-50(46)54-49)43-26-32-14-4-5-15-33(32)28-47(43)53-48/h1-30H. The second-order valence-electron chi connectivity index (χ2n) is 14.4. The highest BCUT2D eigenvalue weighted by atomic mass is 32.1. The van der Waals surface area contributed by atoms with E-state index in [4.69, 9.17) is 4.42 Å². The highest BCUT2D eigenvalue weighted by Crippen LogP contribution is 2.47. The van der Waals surface area contributed by atoms with E-state index < -0.39 is 0 Å². The largest absolute Gasteiger partial charge is 0.456 e. The van der Waals surface area contributed by atoms with E-state index in [9.17, 15) is 0 Å². The molecule has 0 aliphatic rings. The lowest BCUT2D eigenvalue weighted by molar-refractivity contribution is 0.670. The van der Waals surface area contributed by atoms with Gasteiger partial charge in [-0.05, 0) is 113 Å². The third-order valence-electron chi connectivity index (χ3n) is 11.4. The molecule has 10 aromatic carbocycles. The molecule has 12 aromatic rings. The van der Waals surface area contributed by atoms with E-state index in [-0.39, 0.29) is 0 Å². The van der Waals surface area contributed by atoms with Gasteiger partial charge in [-0.15, -0.1) is 11.3 Å². The second-order valence-corrected chi connectivity index (χ2v) is 15.5. The normalized spacial score (nSPS) is 12.1. The van der Waals surface area contributed by atoms with Crippen molar-refractivity contribution in [1.82, 2.24) is 0 Å². The molecule has 0 unspecified atom stereocenters. The molecule has 0 saturated heterocycles. The lowest BCUT2D eigenvalue weighted by Crippen LogP contribution is -1.92. The highest BCUT2D eigenvalue weighted by molar-refractivity contribution is 7.25. The van der Waals surface area contributed by atoms with Crippen molar-refractivity contribution in [3.8, 4) is 33.4 Å². The average Bonchev–Trinajstić information content (AvgIpc) is 3.77. The Kier molecular flexibility index (Phi) is 6.28. The third kappa shape index (κ3) is 4.32. The quantitative estimate of drug-likeness (QED) is 0.167. The SMILES string of the molecule is c1ccc(-c2c3ccccc3c(-c3ccc(-c4ccc5sc6cc7c(cc6c5c4)oc4cc5ccccc5cc47)c4ccccc34)c3ccccc23)cc1. The topological polar surface area (TPSA) is 13.1 Å². The zero-order valence-corrected chi connectivity index (χ0v) is 30.0. The first kappa shape index (κ1) is 29.8. The first-order chi connectivity index (χ1) is 26.8. The van der Waals surface area contributed by atoms with E-state index in [0.29, 0.717) is 0 Å². The summed E-state index contributed by atoms with van der Waals surface area (Å²) in [7, 11) is 0. The van der Waals surface area contributed by atoms with Crippen molar-refractivity contribution in [2.75, 3.05) is 0 Å². The van der Waals surface area contributed by atoms with Gasteiger partial charge in [-0.2, -0.15) is 0 Å². The van der Waals surface area contributed by atoms with E-state index >= 15 is 0 Å². The van der Waals surface area contributed by atoms with Crippen LogP contribution in [0.3, 0.4) is 0 Å². The molecule has 2 heterocycles. The van der Waals surface area contributed by atoms with Crippen LogP contribution in [-0.2, 0) is 0 Å². The van der Waals surface area contributed by atoms with Gasteiger partial charge in [0.2, 0.25) is 0 Å². The molecule has 0 N–H and O–H groups in total. The van der Waals surface area contributed by atoms with E-state index in [1.807, 2.05) is 11.3 Å². The Morgan fingerprint density at radius 3 is 1.56 bits per heavy atom. The van der Waals surface area contributed by atoms with Gasteiger partial charge in [-0.25, -0.2) is 0 Å². The Morgan fingerprint density at radius 1 is 0.296 bits per heavy atom. The van der Waals surface area contributed by atoms with Gasteiger partial charge in [0.05, 0.1) is 0 Å². The number of hydrogen-bond acceptors (Lipinski definition) is 2. The summed E-state index contributed by atoms with van der Waals surface area (Å²) in [5.74, 6) is 0. The van der Waals surface area contributed by atoms with Crippen molar-refractivity contribution in [1.29, 1.82) is 0 Å². The van der Waals surface area contributed by atoms with Crippen LogP contribution in [0.5, 0.6) is 0 Å². The Balaban J connectivity index is 1.06. The molecule has 0 saturated carbocycles. The fourth-order valence-electron chi connectivity index (χ4n) is 9.00. The van der Waals surface area contributed by atoms with Crippen LogP contribution in [0.1, 0.15) is 0 Å². The maximum Gasteiger partial charge on any atom is 0.136 e. The van der Waals surface area contributed by atoms with Gasteiger partial charge in [0.15, 0.2) is 0 Å². The van der Waals surface area contributed by atoms with Gasteiger partial charge in [-0.1, -0.05) is 146 Å². The molecule has 2 heteroatoms. The Morgan fingerprint density at radius 2 is 0.833 bits per heavy atom. The molecule has 0 spiro atoms. The lowest BCUT2D eigenvalue weighted by Gasteiger charge is -2.19. The molecule has 0 amide bonds. The zero-order valence-electron chi connectivity index (χ0n) is 29.1. The fourth-order valence-corrected chi connectivity index (χ4v) is 10.1. The highest BCUT2D eigenvalue weighted by Gasteiger charge is 2.20. The van der Waals surface area contributed by atoms with Crippen molar-refractivity contribution in [2.24, 2.45) is 0 Å². The van der Waals surface area contributed by atoms with Crippen LogP contribution >= 0.6 is 11.3 Å². The van der Waals surface area contributed by atoms with Crippen LogP contribution in [0.2, 0.25) is 0 Å². The minimum Gasteiger partial charge on any atom is -0.456 e. The Labute approximate surface area is 314 Å². The molecule has 0 bridgehead atoms. The predicted octanol–water partition coefficient (Wildman–Crippen LogP) is 15.6. The van der Waals surface area contributed by atoms with Gasteiger partial charge < -0.3 is 4.42 Å². The Hall–Kier alpha value is -6.74. The predicted molar refractivity (Wildman–Crippen MR) is 233 cm³/mol. The molecule has 1 nitrogen and oxygen atoms in total. The van der Waals surface area contributed by atoms with Crippen LogP contribution in [-0.4, -0.2) is 0 Å². The number of furan rings is 1. The molecule has 0 atom stereocenters. The summed E-state index contributed by atoms with van der Waals surface area (Å²) in [6.45, 7) is 0. The summed E-state index contributed by atoms with van der Waals surface area (Å²) >= 11 is 1.86. The number of thiophene rings is 1. The van der Waals surface area contributed by atoms with Gasteiger partial charge in [0, 0.05) is 30.9 Å². The molecular formula is C52H30OS. The minimum atomic E-state index is 0.936. The maximum absolute atomic E-state index is 6.51. The fraction of sp³-hybridized carbons (Fsp3) is 0. The van der Waals surface area contributed by atoms with Crippen LogP contribution < -0.4 is 0 Å². The van der Waals surface area contributed by atoms with Crippen molar-refractivity contribution < 1.29 is 4.42 Å². The first-order valence-electron chi connectivity index (χ1n) is 18.5. The number of rotatable bonds is 3. The zero-order chi connectivity index (χ0) is 35.3. The van der Waals surface area contributed by atoms with Crippen LogP contribution in [0.4, 0.5) is 0 Å². The van der Waals surface area contributed by atoms with Gasteiger partial charge in [0.1, 0.15) is 11.2 Å². The second kappa shape index (κ2) is 11.4. The molecule has 0 fully saturated rings. The van der Waals surface area contributed by atoms with Crippen molar-refractivity contribution >= 4 is 96.5 Å². The monoisotopic (exact) mass is 702 g/mol. The van der Waals surface area contributed by atoms with Gasteiger partial charge >= 0.3 is 0 Å². The first-order valence-corrected chi connectivity index (χ1v) is 19.3. The lowest BCUT2D eigenvalue weighted by atomic mass is 9.84. The van der Waals surface area contributed by atoms with Gasteiger partial charge in [0.25, 0.3) is 0 Å². The van der Waals surface area contributed by atoms with Gasteiger partial charge in [-0.3, -0.25) is 0 Å². The summed E-state index contributed by atoms with van der Waals surface area (Å²) in [5.41, 5.74) is 9.39. The van der Waals surface area contributed by atoms with Crippen LogP contribution in [0.25, 0.3) is 119 Å². The number of hydrogen-bond donors (Lipinski definition) is 0. The van der Waals surface area contributed by atoms with E-state index in [2.05, 4.69) is 182 Å². The molecule has 12 rings (SSSR count). The van der Waals surface area contributed by atoms with Crippen LogP contribution in [0, 0.1) is 0 Å². The van der Waals surface area contributed by atoms with E-state index in [0.717, 1.165) is 11.2 Å². The molecular weight excluding hydrogens is 673 g/mol. The summed E-state index contributed by atoms with van der Waals surface area (Å²) in [5, 5.41) is 14.9. The molecule has 0 aliphatic carbocycles. The number of benzene rings is 10. The summed E-state index contributed by atoms with van der Waals surface area (Å²) in [6.07, 6.45) is 0. The Bertz CT molecular complexity index is 3440. The smallest absolute Gasteiger partial charge is 0.136 e. The van der Waals surface area contributed by atoms with Crippen molar-refractivity contribution in [3.63, 3.8) is 0 Å². The minimum absolute atomic E-state index is 0.936. The molecule has 2 aromatic heterocycles. The molecule has 0 radical (unpaired) electrons. The van der Waals surface area contributed by atoms with Crippen LogP contribution in [0.15, 0.2) is 186 Å². The molecule has 54 heavy (non-hydrogen) atoms. The maximum atomic E-state index is 6.51. The van der Waals surface area contributed by atoms with Crippen molar-refractivity contribution in [3.05, 3.63) is 182 Å². The summed E-state index contributed by atoms with van der Waals surface area (Å²) in [6, 6.07) is 66.8. The summed E-state index contributed by atoms with van der Waals surface area (Å²) < 4.78 is 9.08. The number of fused-ring (bicyclic) bond motifs is 10. The summed E-state index contributed by atoms with van der Waals surface area (Å²) in [4.78, 5) is 0. The van der Waals surface area contributed by atoms with E-state index in [1.54, 1.807) is 0 Å². The van der Waals surface area contributed by atoms with E-state index in [1.165, 1.54) is 107 Å². The average molecular weight is 703 g/mol.